The van der Waals surface area contributed by atoms with E-state index in [1.807, 2.05) is 0 Å². The number of fused-ring (bicyclic) bond motifs is 18. The summed E-state index contributed by atoms with van der Waals surface area (Å²) in [5.41, 5.74) is 42.8. The highest BCUT2D eigenvalue weighted by atomic mass is 16.5. The largest absolute Gasteiger partial charge is 0.490 e. The number of ether oxygens (including phenoxy) is 12. The molecule has 10 rings (SSSR count). The van der Waals surface area contributed by atoms with Gasteiger partial charge in [-0.15, -0.1) is 0 Å². The zero-order chi connectivity index (χ0) is 80.2. The van der Waals surface area contributed by atoms with Crippen LogP contribution in [0.25, 0.3) is 99.0 Å². The highest BCUT2D eigenvalue weighted by Crippen LogP contribution is 2.43. The van der Waals surface area contributed by atoms with E-state index in [4.69, 9.17) is 56.8 Å². The molecule has 0 unspecified atom stereocenters. The summed E-state index contributed by atoms with van der Waals surface area (Å²) in [6.07, 6.45) is 21.7. The maximum Gasteiger partial charge on any atom is 0.161 e. The van der Waals surface area contributed by atoms with Crippen molar-refractivity contribution < 1.29 is 56.8 Å². The summed E-state index contributed by atoms with van der Waals surface area (Å²) < 4.78 is 81.2. The van der Waals surface area contributed by atoms with Gasteiger partial charge in [-0.2, -0.15) is 0 Å². The first-order valence-electron chi connectivity index (χ1n) is 43.1. The Kier molecular flexibility index (Phi) is 34.7. The Morgan fingerprint density at radius 2 is 0.246 bits per heavy atom. The number of unbranched alkanes of at least 4 members (excludes halogenated alkanes) is 12. The smallest absolute Gasteiger partial charge is 0.161 e. The van der Waals surface area contributed by atoms with Crippen molar-refractivity contribution in [2.24, 2.45) is 0 Å². The molecule has 9 aromatic rings. The molecule has 114 heavy (non-hydrogen) atoms. The fourth-order valence-corrected chi connectivity index (χ4v) is 13.4. The van der Waals surface area contributed by atoms with Crippen molar-refractivity contribution in [1.82, 2.24) is 0 Å². The van der Waals surface area contributed by atoms with Crippen LogP contribution in [0.2, 0.25) is 0 Å². The maximum absolute atomic E-state index is 6.79. The van der Waals surface area contributed by atoms with Gasteiger partial charge in [0, 0.05) is 63.6 Å². The lowest BCUT2D eigenvalue weighted by atomic mass is 9.96. The summed E-state index contributed by atoms with van der Waals surface area (Å²) in [5.74, 6) is 7.50. The van der Waals surface area contributed by atoms with Gasteiger partial charge in [0.1, 0.15) is 0 Å². The van der Waals surface area contributed by atoms with Gasteiger partial charge in [-0.3, -0.25) is 0 Å². The third-order valence-electron chi connectivity index (χ3n) is 20.1. The highest BCUT2D eigenvalue weighted by molar-refractivity contribution is 6.13. The van der Waals surface area contributed by atoms with Gasteiger partial charge in [0.15, 0.2) is 69.0 Å². The van der Waals surface area contributed by atoms with E-state index in [0.717, 1.165) is 219 Å². The van der Waals surface area contributed by atoms with Gasteiger partial charge in [-0.05, 0) is 217 Å². The van der Waals surface area contributed by atoms with Crippen LogP contribution in [0.1, 0.15) is 237 Å². The molecule has 0 radical (unpaired) electrons. The average Bonchev–Trinajstić information content (AvgIpc) is 0.747. The van der Waals surface area contributed by atoms with E-state index >= 15 is 0 Å². The number of rotatable bonds is 48. The number of hydrogen-bond acceptors (Lipinski definition) is 12. The molecule has 0 amide bonds. The molecule has 0 aliphatic heterocycles. The minimum Gasteiger partial charge on any atom is -0.490 e. The van der Waals surface area contributed by atoms with Gasteiger partial charge in [-0.1, -0.05) is 195 Å². The summed E-state index contributed by atoms with van der Waals surface area (Å²) in [6.45, 7) is 32.0. The van der Waals surface area contributed by atoms with Crippen LogP contribution in [0.5, 0.6) is 69.0 Å². The van der Waals surface area contributed by atoms with Crippen LogP contribution < -0.4 is 88.2 Å². The summed E-state index contributed by atoms with van der Waals surface area (Å²) >= 11 is 0. The van der Waals surface area contributed by atoms with Crippen LogP contribution >= 0.6 is 0 Å². The Hall–Kier alpha value is -10.5. The molecule has 0 bridgehead atoms. The van der Waals surface area contributed by atoms with Crippen molar-refractivity contribution in [2.45, 2.75) is 237 Å². The fraction of sp³-hybridized carbons (Fsp3) is 0.471. The average molecular weight is 1540 g/mol. The van der Waals surface area contributed by atoms with E-state index in [1.54, 1.807) is 0 Å². The van der Waals surface area contributed by atoms with E-state index in [0.29, 0.717) is 180 Å². The van der Waals surface area contributed by atoms with Gasteiger partial charge in [0.2, 0.25) is 0 Å². The summed E-state index contributed by atoms with van der Waals surface area (Å²) in [7, 11) is 0. The highest BCUT2D eigenvalue weighted by Gasteiger charge is 2.22. The molecular formula is C102H120O12. The van der Waals surface area contributed by atoms with Crippen molar-refractivity contribution in [3.63, 3.8) is 0 Å². The van der Waals surface area contributed by atoms with E-state index < -0.39 is 0 Å². The van der Waals surface area contributed by atoms with Crippen LogP contribution in [0.3, 0.4) is 0 Å². The molecule has 0 saturated carbocycles. The second kappa shape index (κ2) is 46.0. The number of hydrogen-bond donors (Lipinski definition) is 0. The maximum atomic E-state index is 6.79. The van der Waals surface area contributed by atoms with E-state index in [-0.39, 0.29) is 0 Å². The van der Waals surface area contributed by atoms with Gasteiger partial charge in [0.05, 0.1) is 79.3 Å². The van der Waals surface area contributed by atoms with E-state index in [1.165, 1.54) is 0 Å². The molecule has 0 heterocycles. The summed E-state index contributed by atoms with van der Waals surface area (Å²) in [5, 5.41) is 13.7. The third-order valence-corrected chi connectivity index (χ3v) is 20.1. The lowest BCUT2D eigenvalue weighted by Gasteiger charge is -2.17. The molecular weight excluding hydrogens is 1420 g/mol. The minimum atomic E-state index is 0.487. The van der Waals surface area contributed by atoms with Gasteiger partial charge >= 0.3 is 0 Å². The molecule has 0 fully saturated rings. The fourth-order valence-electron chi connectivity index (χ4n) is 13.4. The molecule has 0 saturated heterocycles. The first-order valence-corrected chi connectivity index (χ1v) is 43.1. The second-order valence-corrected chi connectivity index (χ2v) is 29.2. The topological polar surface area (TPSA) is 111 Å². The van der Waals surface area contributed by atoms with Crippen molar-refractivity contribution in [3.05, 3.63) is 138 Å². The summed E-state index contributed by atoms with van der Waals surface area (Å²) in [6, 6.07) is 25.1. The molecule has 0 atom stereocenters. The van der Waals surface area contributed by atoms with Gasteiger partial charge in [0.25, 0.3) is 0 Å². The molecule has 12 nitrogen and oxygen atoms in total. The van der Waals surface area contributed by atoms with Gasteiger partial charge < -0.3 is 56.8 Å². The van der Waals surface area contributed by atoms with E-state index in [2.05, 4.69) is 225 Å². The Labute approximate surface area is 676 Å². The van der Waals surface area contributed by atoms with Crippen LogP contribution in [0, 0.1) is 0 Å². The molecule has 600 valence electrons. The van der Waals surface area contributed by atoms with Crippen LogP contribution in [-0.2, 0) is 0 Å². The normalized spacial score (nSPS) is 11.4. The van der Waals surface area contributed by atoms with Crippen molar-refractivity contribution in [2.75, 3.05) is 79.3 Å². The molecule has 0 N–H and O–H groups in total. The Balaban J connectivity index is 1.62. The molecule has 1 aliphatic carbocycles. The molecule has 9 aromatic carbocycles. The van der Waals surface area contributed by atoms with Crippen LogP contribution in [0.15, 0.2) is 107 Å². The summed E-state index contributed by atoms with van der Waals surface area (Å²) in [4.78, 5) is 0. The molecule has 0 spiro atoms. The standard InChI is InChI=1S/C102H120O12/c1-13-25-49-103-91-61-79-73-43-37-38-45-75-77(83-65-95(107-53-29-17-5)101(113-59-35-23-11)71-89(83)87-69-99(111-57-33-21-9)93(63-81(75)87)105-51-27-15-3)47-41-42-48-78-76(46-40-39-44-74(73)80-62-92(104-50-26-14-2)98(110-56-32-20-8)68-86(80)85(79)67-97(91)109-55-31-19-7)82-64-94(106-52-28-16-4)100(112-58-34-22-10)70-88(82)90-72-102(114-60-36-24-12)96(66-84(78)90)108-54-30-18-6/h61-72H,13-36,49-60H2,1-12H3. The minimum absolute atomic E-state index is 0.487. The number of benzene rings is 9. The first-order chi connectivity index (χ1) is 56.1. The SMILES string of the molecule is CCCCOc1cc2c3c(c4cc(OCCCC)c(OCCCC)cc4c2cc1OCCCC)=C=C=C=C=c1c(c2cc(OCCCC)c(OCCCC)cc2c2cc(OCCCC)c(OCCCC)cc12)=C=C=C=C=c1c(c2cc(OCCCC)c(OCCCC)cc2c2cc(OCCCC)c(OCCCC)cc12)=C=C=C=C=3. The third kappa shape index (κ3) is 22.3. The Bertz CT molecular complexity index is 4740. The monoisotopic (exact) mass is 1540 g/mol. The van der Waals surface area contributed by atoms with Gasteiger partial charge in [-0.25, -0.2) is 0 Å². The second-order valence-electron chi connectivity index (χ2n) is 29.2. The zero-order valence-corrected chi connectivity index (χ0v) is 70.3. The zero-order valence-electron chi connectivity index (χ0n) is 70.3. The van der Waals surface area contributed by atoms with E-state index in [9.17, 15) is 0 Å². The molecule has 0 aromatic heterocycles. The Morgan fingerprint density at radius 1 is 0.149 bits per heavy atom. The first kappa shape index (κ1) is 85.9. The predicted octanol–water partition coefficient (Wildman–Crippen LogP) is 22.0. The van der Waals surface area contributed by atoms with Crippen molar-refractivity contribution in [3.8, 4) is 69.0 Å². The lowest BCUT2D eigenvalue weighted by molar-refractivity contribution is 0.262. The quantitative estimate of drug-likeness (QED) is 0.0206. The van der Waals surface area contributed by atoms with Crippen LogP contribution in [0.4, 0.5) is 0 Å². The van der Waals surface area contributed by atoms with Crippen molar-refractivity contribution >= 4 is 99.0 Å². The van der Waals surface area contributed by atoms with Crippen molar-refractivity contribution in [1.29, 1.82) is 0 Å². The lowest BCUT2D eigenvalue weighted by Crippen LogP contribution is -2.25. The molecule has 1 aliphatic rings. The Morgan fingerprint density at radius 3 is 0.342 bits per heavy atom. The predicted molar refractivity (Wildman–Crippen MR) is 468 cm³/mol. The van der Waals surface area contributed by atoms with Crippen LogP contribution in [-0.4, -0.2) is 79.3 Å². The molecule has 12 heteroatoms.